The highest BCUT2D eigenvalue weighted by atomic mass is 32.2. The number of fused-ring (bicyclic) bond motifs is 2. The van der Waals surface area contributed by atoms with Gasteiger partial charge in [0.15, 0.2) is 0 Å². The van der Waals surface area contributed by atoms with Crippen LogP contribution in [-0.2, 0) is 0 Å². The molecule has 0 radical (unpaired) electrons. The van der Waals surface area contributed by atoms with Gasteiger partial charge in [-0.05, 0) is 49.7 Å². The van der Waals surface area contributed by atoms with E-state index in [1.165, 1.54) is 50.8 Å². The lowest BCUT2D eigenvalue weighted by Gasteiger charge is -2.24. The molecule has 2 aliphatic carbocycles. The Labute approximate surface area is 91.4 Å². The molecular weight excluding hydrogens is 190 g/mol. The number of nitrogens with one attached hydrogen (secondary N) is 1. The summed E-state index contributed by atoms with van der Waals surface area (Å²) in [6.07, 6.45) is 8.98. The zero-order valence-electron chi connectivity index (χ0n) is 8.87. The van der Waals surface area contributed by atoms with Crippen molar-refractivity contribution in [2.24, 2.45) is 11.8 Å². The van der Waals surface area contributed by atoms with Gasteiger partial charge in [0.2, 0.25) is 0 Å². The van der Waals surface area contributed by atoms with Crippen LogP contribution in [0, 0.1) is 11.8 Å². The van der Waals surface area contributed by atoms with Crippen molar-refractivity contribution < 1.29 is 0 Å². The summed E-state index contributed by atoms with van der Waals surface area (Å²) in [5.41, 5.74) is 0. The maximum atomic E-state index is 3.83. The van der Waals surface area contributed by atoms with E-state index >= 15 is 0 Å². The third kappa shape index (κ3) is 1.83. The van der Waals surface area contributed by atoms with Gasteiger partial charge in [0, 0.05) is 17.8 Å². The Balaban J connectivity index is 1.44. The van der Waals surface area contributed by atoms with Crippen LogP contribution in [0.25, 0.3) is 0 Å². The maximum absolute atomic E-state index is 3.83. The van der Waals surface area contributed by atoms with Crippen LogP contribution in [0.15, 0.2) is 0 Å². The third-order valence-electron chi connectivity index (χ3n) is 4.37. The van der Waals surface area contributed by atoms with Crippen molar-refractivity contribution in [2.45, 2.75) is 49.8 Å². The van der Waals surface area contributed by atoms with Crippen molar-refractivity contribution in [2.75, 3.05) is 12.3 Å². The van der Waals surface area contributed by atoms with Gasteiger partial charge >= 0.3 is 0 Å². The lowest BCUT2D eigenvalue weighted by Crippen LogP contribution is -2.37. The van der Waals surface area contributed by atoms with Gasteiger partial charge < -0.3 is 5.32 Å². The molecule has 0 aromatic carbocycles. The van der Waals surface area contributed by atoms with E-state index in [-0.39, 0.29) is 0 Å². The molecule has 4 atom stereocenters. The Hall–Kier alpha value is 0.310. The van der Waals surface area contributed by atoms with E-state index in [1.807, 2.05) is 0 Å². The minimum Gasteiger partial charge on any atom is -0.313 e. The molecule has 1 N–H and O–H groups in total. The molecule has 80 valence electrons. The molecule has 3 rings (SSSR count). The standard InChI is InChI=1S/C12H21NS/c1-2-11(14-5-1)8-13-12-7-9-3-4-10(12)6-9/h9-13H,1-8H2. The first-order chi connectivity index (χ1) is 6.92. The SMILES string of the molecule is C1CSC(CNC2CC3CCC2C3)C1. The first kappa shape index (κ1) is 9.53. The number of hydrogen-bond acceptors (Lipinski definition) is 2. The Morgan fingerprint density at radius 3 is 2.79 bits per heavy atom. The van der Waals surface area contributed by atoms with E-state index in [0.717, 1.165) is 23.1 Å². The van der Waals surface area contributed by atoms with Gasteiger partial charge in [0.05, 0.1) is 0 Å². The topological polar surface area (TPSA) is 12.0 Å². The van der Waals surface area contributed by atoms with Gasteiger partial charge in [-0.1, -0.05) is 6.42 Å². The molecule has 0 aromatic rings. The van der Waals surface area contributed by atoms with Crippen molar-refractivity contribution >= 4 is 11.8 Å². The van der Waals surface area contributed by atoms with Crippen molar-refractivity contribution in [1.82, 2.24) is 5.32 Å². The average molecular weight is 211 g/mol. The van der Waals surface area contributed by atoms with Crippen LogP contribution in [0.2, 0.25) is 0 Å². The van der Waals surface area contributed by atoms with Crippen LogP contribution < -0.4 is 5.32 Å². The fraction of sp³-hybridized carbons (Fsp3) is 1.00. The lowest BCUT2D eigenvalue weighted by molar-refractivity contribution is 0.352. The lowest BCUT2D eigenvalue weighted by atomic mass is 9.95. The van der Waals surface area contributed by atoms with Crippen molar-refractivity contribution in [3.05, 3.63) is 0 Å². The summed E-state index contributed by atoms with van der Waals surface area (Å²) < 4.78 is 0. The van der Waals surface area contributed by atoms with Crippen molar-refractivity contribution in [3.63, 3.8) is 0 Å². The minimum atomic E-state index is 0.898. The number of rotatable bonds is 3. The summed E-state index contributed by atoms with van der Waals surface area (Å²) in [5.74, 6) is 3.54. The second-order valence-corrected chi connectivity index (χ2v) is 6.73. The van der Waals surface area contributed by atoms with Crippen molar-refractivity contribution in [1.29, 1.82) is 0 Å². The number of hydrogen-bond donors (Lipinski definition) is 1. The molecular formula is C12H21NS. The van der Waals surface area contributed by atoms with Gasteiger partial charge in [0.25, 0.3) is 0 Å². The Kier molecular flexibility index (Phi) is 2.76. The molecule has 0 aromatic heterocycles. The van der Waals surface area contributed by atoms with Gasteiger partial charge in [-0.25, -0.2) is 0 Å². The molecule has 2 saturated carbocycles. The van der Waals surface area contributed by atoms with E-state index in [9.17, 15) is 0 Å². The molecule has 4 unspecified atom stereocenters. The van der Waals surface area contributed by atoms with Gasteiger partial charge in [0.1, 0.15) is 0 Å². The molecule has 3 fully saturated rings. The highest BCUT2D eigenvalue weighted by molar-refractivity contribution is 8.00. The van der Waals surface area contributed by atoms with E-state index in [0.29, 0.717) is 0 Å². The second kappa shape index (κ2) is 4.05. The molecule has 14 heavy (non-hydrogen) atoms. The Bertz CT molecular complexity index is 200. The predicted molar refractivity (Wildman–Crippen MR) is 62.7 cm³/mol. The summed E-state index contributed by atoms with van der Waals surface area (Å²) >= 11 is 2.18. The fourth-order valence-electron chi connectivity index (χ4n) is 3.58. The molecule has 1 heterocycles. The summed E-state index contributed by atoms with van der Waals surface area (Å²) in [7, 11) is 0. The summed E-state index contributed by atoms with van der Waals surface area (Å²) in [5, 5.41) is 4.77. The highest BCUT2D eigenvalue weighted by Gasteiger charge is 2.39. The van der Waals surface area contributed by atoms with Gasteiger partial charge in [-0.2, -0.15) is 11.8 Å². The molecule has 1 nitrogen and oxygen atoms in total. The van der Waals surface area contributed by atoms with Crippen LogP contribution in [0.3, 0.4) is 0 Å². The normalized spacial score (nSPS) is 46.3. The van der Waals surface area contributed by atoms with E-state index in [1.54, 1.807) is 0 Å². The fourth-order valence-corrected chi connectivity index (χ4v) is 4.80. The molecule has 0 amide bonds. The average Bonchev–Trinajstić information content (AvgIpc) is 2.91. The van der Waals surface area contributed by atoms with Crippen LogP contribution in [0.4, 0.5) is 0 Å². The molecule has 2 bridgehead atoms. The predicted octanol–water partition coefficient (Wildman–Crippen LogP) is 2.66. The van der Waals surface area contributed by atoms with Crippen molar-refractivity contribution in [3.8, 4) is 0 Å². The zero-order chi connectivity index (χ0) is 9.38. The Morgan fingerprint density at radius 2 is 2.14 bits per heavy atom. The summed E-state index contributed by atoms with van der Waals surface area (Å²) in [6, 6.07) is 0.898. The largest absolute Gasteiger partial charge is 0.313 e. The maximum Gasteiger partial charge on any atom is 0.0172 e. The smallest absolute Gasteiger partial charge is 0.0172 e. The zero-order valence-corrected chi connectivity index (χ0v) is 9.69. The molecule has 0 spiro atoms. The van der Waals surface area contributed by atoms with Gasteiger partial charge in [-0.3, -0.25) is 0 Å². The van der Waals surface area contributed by atoms with Crippen LogP contribution >= 0.6 is 11.8 Å². The number of thioether (sulfide) groups is 1. The van der Waals surface area contributed by atoms with E-state index < -0.39 is 0 Å². The summed E-state index contributed by atoms with van der Waals surface area (Å²) in [4.78, 5) is 0. The van der Waals surface area contributed by atoms with Crippen LogP contribution in [-0.4, -0.2) is 23.6 Å². The quantitative estimate of drug-likeness (QED) is 0.770. The first-order valence-corrected chi connectivity index (χ1v) is 7.31. The monoisotopic (exact) mass is 211 g/mol. The Morgan fingerprint density at radius 1 is 1.14 bits per heavy atom. The summed E-state index contributed by atoms with van der Waals surface area (Å²) in [6.45, 7) is 1.29. The molecule has 1 saturated heterocycles. The van der Waals surface area contributed by atoms with E-state index in [4.69, 9.17) is 0 Å². The molecule has 2 heteroatoms. The van der Waals surface area contributed by atoms with E-state index in [2.05, 4.69) is 17.1 Å². The van der Waals surface area contributed by atoms with Crippen LogP contribution in [0.5, 0.6) is 0 Å². The van der Waals surface area contributed by atoms with Crippen LogP contribution in [0.1, 0.15) is 38.5 Å². The molecule has 3 aliphatic rings. The molecule has 1 aliphatic heterocycles. The highest BCUT2D eigenvalue weighted by Crippen LogP contribution is 2.44. The minimum absolute atomic E-state index is 0.898. The van der Waals surface area contributed by atoms with Gasteiger partial charge in [-0.15, -0.1) is 0 Å². The first-order valence-electron chi connectivity index (χ1n) is 6.27. The second-order valence-electron chi connectivity index (χ2n) is 5.32. The third-order valence-corrected chi connectivity index (χ3v) is 5.77.